The third kappa shape index (κ3) is 4.95. The van der Waals surface area contributed by atoms with E-state index in [9.17, 15) is 9.59 Å². The van der Waals surface area contributed by atoms with E-state index in [2.05, 4.69) is 17.3 Å². The SMILES string of the molecule is CCc1ccc(NC(=O)[C@H](C)OC(=O)Cc2c(C)nn(-c3ccccc3)c2C)cc1. The van der Waals surface area contributed by atoms with Crippen molar-refractivity contribution in [2.24, 2.45) is 0 Å². The number of carbonyl (C=O) groups excluding carboxylic acids is 2. The predicted molar refractivity (Wildman–Crippen MR) is 117 cm³/mol. The molecule has 6 nitrogen and oxygen atoms in total. The highest BCUT2D eigenvalue weighted by Gasteiger charge is 2.21. The lowest BCUT2D eigenvalue weighted by molar-refractivity contribution is -0.152. The molecule has 0 bridgehead atoms. The third-order valence-corrected chi connectivity index (χ3v) is 5.07. The topological polar surface area (TPSA) is 73.2 Å². The molecule has 6 heteroatoms. The van der Waals surface area contributed by atoms with Gasteiger partial charge >= 0.3 is 5.97 Å². The van der Waals surface area contributed by atoms with Crippen molar-refractivity contribution >= 4 is 17.6 Å². The molecule has 0 aliphatic rings. The van der Waals surface area contributed by atoms with Crippen molar-refractivity contribution in [2.45, 2.75) is 46.6 Å². The van der Waals surface area contributed by atoms with Gasteiger partial charge in [0.1, 0.15) is 0 Å². The van der Waals surface area contributed by atoms with E-state index in [1.54, 1.807) is 6.92 Å². The number of aryl methyl sites for hydroxylation is 2. The largest absolute Gasteiger partial charge is 0.452 e. The molecule has 1 amide bonds. The average molecular weight is 405 g/mol. The summed E-state index contributed by atoms with van der Waals surface area (Å²) in [6.45, 7) is 7.43. The van der Waals surface area contributed by atoms with E-state index in [-0.39, 0.29) is 12.3 Å². The number of nitrogens with zero attached hydrogens (tertiary/aromatic N) is 2. The number of hydrogen-bond donors (Lipinski definition) is 1. The summed E-state index contributed by atoms with van der Waals surface area (Å²) < 4.78 is 7.18. The van der Waals surface area contributed by atoms with E-state index in [4.69, 9.17) is 4.74 Å². The van der Waals surface area contributed by atoms with Crippen LogP contribution in [-0.2, 0) is 27.2 Å². The first-order valence-electron chi connectivity index (χ1n) is 10.1. The third-order valence-electron chi connectivity index (χ3n) is 5.07. The summed E-state index contributed by atoms with van der Waals surface area (Å²) in [5.41, 5.74) is 5.25. The van der Waals surface area contributed by atoms with Crippen LogP contribution in [0.25, 0.3) is 5.69 Å². The van der Waals surface area contributed by atoms with Crippen LogP contribution in [0, 0.1) is 13.8 Å². The number of nitrogens with one attached hydrogen (secondary N) is 1. The lowest BCUT2D eigenvalue weighted by atomic mass is 10.1. The van der Waals surface area contributed by atoms with E-state index in [1.807, 2.05) is 73.1 Å². The molecule has 156 valence electrons. The van der Waals surface area contributed by atoms with Crippen LogP contribution in [0.5, 0.6) is 0 Å². The van der Waals surface area contributed by atoms with Gasteiger partial charge in [-0.15, -0.1) is 0 Å². The molecule has 0 saturated heterocycles. The summed E-state index contributed by atoms with van der Waals surface area (Å²) in [6.07, 6.45) is 0.100. The van der Waals surface area contributed by atoms with Crippen LogP contribution in [0.15, 0.2) is 54.6 Å². The first-order chi connectivity index (χ1) is 14.4. The molecular weight excluding hydrogens is 378 g/mol. The quantitative estimate of drug-likeness (QED) is 0.599. The number of aromatic nitrogens is 2. The second kappa shape index (κ2) is 9.39. The maximum atomic E-state index is 12.5. The number of hydrogen-bond acceptors (Lipinski definition) is 4. The van der Waals surface area contributed by atoms with Gasteiger partial charge in [0.25, 0.3) is 5.91 Å². The molecule has 0 spiro atoms. The van der Waals surface area contributed by atoms with Gasteiger partial charge in [0.2, 0.25) is 0 Å². The number of benzene rings is 2. The molecule has 1 N–H and O–H groups in total. The Morgan fingerprint density at radius 2 is 1.73 bits per heavy atom. The molecule has 0 saturated carbocycles. The van der Waals surface area contributed by atoms with E-state index in [1.165, 1.54) is 5.56 Å². The van der Waals surface area contributed by atoms with Crippen molar-refractivity contribution in [3.8, 4) is 5.69 Å². The fourth-order valence-corrected chi connectivity index (χ4v) is 3.26. The molecule has 1 heterocycles. The fraction of sp³-hybridized carbons (Fsp3) is 0.292. The Hall–Kier alpha value is -3.41. The van der Waals surface area contributed by atoms with Gasteiger partial charge in [-0.1, -0.05) is 37.3 Å². The summed E-state index contributed by atoms with van der Waals surface area (Å²) in [5, 5.41) is 7.33. The number of ether oxygens (including phenoxy) is 1. The van der Waals surface area contributed by atoms with Crippen LogP contribution in [0.4, 0.5) is 5.69 Å². The highest BCUT2D eigenvalue weighted by molar-refractivity contribution is 5.95. The summed E-state index contributed by atoms with van der Waals surface area (Å²) in [5.74, 6) is -0.821. The summed E-state index contributed by atoms with van der Waals surface area (Å²) in [6, 6.07) is 17.3. The Morgan fingerprint density at radius 3 is 2.37 bits per heavy atom. The Balaban J connectivity index is 1.62. The van der Waals surface area contributed by atoms with Gasteiger partial charge in [-0.25, -0.2) is 4.68 Å². The van der Waals surface area contributed by atoms with Crippen LogP contribution in [0.1, 0.15) is 36.4 Å². The van der Waals surface area contributed by atoms with Crippen molar-refractivity contribution in [1.29, 1.82) is 0 Å². The Bertz CT molecular complexity index is 1020. The zero-order valence-corrected chi connectivity index (χ0v) is 17.8. The average Bonchev–Trinajstić information content (AvgIpc) is 3.03. The van der Waals surface area contributed by atoms with Crippen LogP contribution in [0.3, 0.4) is 0 Å². The summed E-state index contributed by atoms with van der Waals surface area (Å²) in [7, 11) is 0. The van der Waals surface area contributed by atoms with Crippen molar-refractivity contribution < 1.29 is 14.3 Å². The van der Waals surface area contributed by atoms with Gasteiger partial charge in [-0.3, -0.25) is 9.59 Å². The fourth-order valence-electron chi connectivity index (χ4n) is 3.26. The lowest BCUT2D eigenvalue weighted by Gasteiger charge is -2.14. The van der Waals surface area contributed by atoms with Crippen molar-refractivity contribution in [3.63, 3.8) is 0 Å². The number of carbonyl (C=O) groups is 2. The maximum absolute atomic E-state index is 12.5. The van der Waals surface area contributed by atoms with Gasteiger partial charge in [-0.2, -0.15) is 5.10 Å². The summed E-state index contributed by atoms with van der Waals surface area (Å²) in [4.78, 5) is 24.8. The van der Waals surface area contributed by atoms with Crippen molar-refractivity contribution in [3.05, 3.63) is 77.1 Å². The monoisotopic (exact) mass is 405 g/mol. The molecule has 30 heavy (non-hydrogen) atoms. The molecule has 1 atom stereocenters. The highest BCUT2D eigenvalue weighted by atomic mass is 16.5. The highest BCUT2D eigenvalue weighted by Crippen LogP contribution is 2.19. The van der Waals surface area contributed by atoms with Gasteiger partial charge in [0.15, 0.2) is 6.10 Å². The first kappa shape index (κ1) is 21.3. The second-order valence-electron chi connectivity index (χ2n) is 7.25. The predicted octanol–water partition coefficient (Wildman–Crippen LogP) is 4.16. The minimum atomic E-state index is -0.895. The maximum Gasteiger partial charge on any atom is 0.311 e. The Morgan fingerprint density at radius 1 is 1.07 bits per heavy atom. The van der Waals surface area contributed by atoms with E-state index >= 15 is 0 Å². The molecule has 0 radical (unpaired) electrons. The zero-order chi connectivity index (χ0) is 21.7. The Kier molecular flexibility index (Phi) is 6.67. The van der Waals surface area contributed by atoms with Gasteiger partial charge < -0.3 is 10.1 Å². The molecule has 0 aliphatic carbocycles. The molecule has 2 aromatic carbocycles. The van der Waals surface area contributed by atoms with E-state index in [0.717, 1.165) is 29.1 Å². The van der Waals surface area contributed by atoms with Gasteiger partial charge in [0, 0.05) is 16.9 Å². The molecule has 0 unspecified atom stereocenters. The second-order valence-corrected chi connectivity index (χ2v) is 7.25. The number of para-hydroxylation sites is 1. The number of anilines is 1. The van der Waals surface area contributed by atoms with Crippen molar-refractivity contribution in [1.82, 2.24) is 9.78 Å². The molecular formula is C24H27N3O3. The zero-order valence-electron chi connectivity index (χ0n) is 17.8. The van der Waals surface area contributed by atoms with Gasteiger partial charge in [-0.05, 0) is 57.0 Å². The molecule has 3 rings (SSSR count). The molecule has 3 aromatic rings. The normalized spacial score (nSPS) is 11.7. The number of amides is 1. The van der Waals surface area contributed by atoms with E-state index < -0.39 is 12.1 Å². The first-order valence-corrected chi connectivity index (χ1v) is 10.1. The standard InChI is InChI=1S/C24H27N3O3/c1-5-19-11-13-20(14-12-19)25-24(29)18(4)30-23(28)15-22-16(2)26-27(17(22)3)21-9-7-6-8-10-21/h6-14,18H,5,15H2,1-4H3,(H,25,29)/t18-/m0/s1. The number of rotatable bonds is 7. The van der Waals surface area contributed by atoms with Gasteiger partial charge in [0.05, 0.1) is 17.8 Å². The molecule has 0 fully saturated rings. The minimum Gasteiger partial charge on any atom is -0.452 e. The van der Waals surface area contributed by atoms with Crippen LogP contribution >= 0.6 is 0 Å². The molecule has 0 aliphatic heterocycles. The number of esters is 1. The Labute approximate surface area is 176 Å². The molecule has 1 aromatic heterocycles. The van der Waals surface area contributed by atoms with Crippen LogP contribution in [-0.4, -0.2) is 27.8 Å². The van der Waals surface area contributed by atoms with Crippen molar-refractivity contribution in [2.75, 3.05) is 5.32 Å². The minimum absolute atomic E-state index is 0.0628. The van der Waals surface area contributed by atoms with Crippen LogP contribution in [0.2, 0.25) is 0 Å². The van der Waals surface area contributed by atoms with Crippen LogP contribution < -0.4 is 5.32 Å². The summed E-state index contributed by atoms with van der Waals surface area (Å²) >= 11 is 0. The lowest BCUT2D eigenvalue weighted by Crippen LogP contribution is -2.30. The van der Waals surface area contributed by atoms with E-state index in [0.29, 0.717) is 5.69 Å². The smallest absolute Gasteiger partial charge is 0.311 e.